The SMILES string of the molecule is Cc1nccc2c(-c3ccc([Se](C)(=O)=O)cc3O)nnc(N[C@@H]3CCCC[C@H]3O)c12. The number of hydrogen-bond acceptors (Lipinski definition) is 8. The Hall–Kier alpha value is -2.61. The van der Waals surface area contributed by atoms with Crippen molar-refractivity contribution < 1.29 is 17.9 Å². The average Bonchev–Trinajstić information content (AvgIpc) is 2.69. The van der Waals surface area contributed by atoms with Gasteiger partial charge in [-0.2, -0.15) is 0 Å². The summed E-state index contributed by atoms with van der Waals surface area (Å²) in [6, 6.07) is 5.96. The third-order valence-electron chi connectivity index (χ3n) is 5.59. The van der Waals surface area contributed by atoms with Crippen molar-refractivity contribution in [2.45, 2.75) is 50.6 Å². The molecule has 0 aliphatic heterocycles. The summed E-state index contributed by atoms with van der Waals surface area (Å²) in [5.41, 5.74) is 1.58. The third kappa shape index (κ3) is 3.88. The number of aromatic hydroxyl groups is 1. The molecule has 158 valence electrons. The molecule has 2 heterocycles. The summed E-state index contributed by atoms with van der Waals surface area (Å²) in [5.74, 6) is 1.53. The van der Waals surface area contributed by atoms with E-state index in [9.17, 15) is 17.9 Å². The number of pyridine rings is 1. The van der Waals surface area contributed by atoms with Crippen LogP contribution in [0.25, 0.3) is 22.0 Å². The van der Waals surface area contributed by atoms with Crippen molar-refractivity contribution in [1.29, 1.82) is 0 Å². The van der Waals surface area contributed by atoms with Gasteiger partial charge in [-0.25, -0.2) is 0 Å². The molecule has 1 fully saturated rings. The minimum absolute atomic E-state index is 0.104. The van der Waals surface area contributed by atoms with Gasteiger partial charge < -0.3 is 0 Å². The fourth-order valence-corrected chi connectivity index (χ4v) is 5.31. The van der Waals surface area contributed by atoms with E-state index in [0.717, 1.165) is 48.0 Å². The number of fused-ring (bicyclic) bond motifs is 1. The Balaban J connectivity index is 1.83. The van der Waals surface area contributed by atoms with Crippen molar-refractivity contribution in [2.24, 2.45) is 0 Å². The normalized spacial score (nSPS) is 19.7. The van der Waals surface area contributed by atoms with E-state index >= 15 is 0 Å². The van der Waals surface area contributed by atoms with Crippen LogP contribution in [0.2, 0.25) is 5.82 Å². The van der Waals surface area contributed by atoms with Crippen LogP contribution in [-0.2, 0) is 7.67 Å². The summed E-state index contributed by atoms with van der Waals surface area (Å²) >= 11 is -4.22. The second-order valence-electron chi connectivity index (χ2n) is 7.77. The molecule has 30 heavy (non-hydrogen) atoms. The van der Waals surface area contributed by atoms with Gasteiger partial charge in [0.25, 0.3) is 0 Å². The molecule has 1 aromatic carbocycles. The second kappa shape index (κ2) is 7.90. The van der Waals surface area contributed by atoms with Gasteiger partial charge in [-0.05, 0) is 0 Å². The summed E-state index contributed by atoms with van der Waals surface area (Å²) in [4.78, 5) is 4.37. The van der Waals surface area contributed by atoms with Crippen molar-refractivity contribution in [3.8, 4) is 17.0 Å². The molecular weight excluding hydrogens is 451 g/mol. The van der Waals surface area contributed by atoms with Gasteiger partial charge in [0.05, 0.1) is 0 Å². The van der Waals surface area contributed by atoms with Crippen LogP contribution >= 0.6 is 0 Å². The van der Waals surface area contributed by atoms with E-state index in [2.05, 4.69) is 20.5 Å². The van der Waals surface area contributed by atoms with Crippen molar-refractivity contribution in [2.75, 3.05) is 5.32 Å². The van der Waals surface area contributed by atoms with Gasteiger partial charge in [-0.15, -0.1) is 0 Å². The van der Waals surface area contributed by atoms with E-state index < -0.39 is 18.8 Å². The van der Waals surface area contributed by atoms with Gasteiger partial charge in [-0.3, -0.25) is 0 Å². The molecule has 0 amide bonds. The topological polar surface area (TPSA) is 125 Å². The summed E-state index contributed by atoms with van der Waals surface area (Å²) in [6.07, 6.45) is 4.87. The monoisotopic (exact) mass is 476 g/mol. The van der Waals surface area contributed by atoms with Crippen molar-refractivity contribution in [3.05, 3.63) is 36.2 Å². The molecule has 0 radical (unpaired) electrons. The van der Waals surface area contributed by atoms with E-state index in [-0.39, 0.29) is 16.3 Å². The number of phenolic OH excluding ortho intramolecular Hbond substituents is 1. The molecule has 1 aliphatic rings. The summed E-state index contributed by atoms with van der Waals surface area (Å²) in [5, 5.41) is 34.4. The van der Waals surface area contributed by atoms with Gasteiger partial charge >= 0.3 is 169 Å². The fourth-order valence-electron chi connectivity index (χ4n) is 3.96. The molecule has 0 spiro atoms. The van der Waals surface area contributed by atoms with Crippen LogP contribution in [0.1, 0.15) is 31.4 Å². The Bertz CT molecular complexity index is 1210. The number of aliphatic hydroxyl groups excluding tert-OH is 1. The van der Waals surface area contributed by atoms with E-state index in [1.54, 1.807) is 18.3 Å². The Morgan fingerprint density at radius 2 is 1.90 bits per heavy atom. The quantitative estimate of drug-likeness (QED) is 0.492. The van der Waals surface area contributed by atoms with Gasteiger partial charge in [-0.1, -0.05) is 6.42 Å². The zero-order chi connectivity index (χ0) is 21.5. The molecule has 0 saturated heterocycles. The average molecular weight is 475 g/mol. The maximum atomic E-state index is 11.8. The number of nitrogens with one attached hydrogen (secondary N) is 1. The number of hydrogen-bond donors (Lipinski definition) is 3. The Labute approximate surface area is 176 Å². The van der Waals surface area contributed by atoms with Crippen LogP contribution in [0.5, 0.6) is 5.75 Å². The Morgan fingerprint density at radius 1 is 1.13 bits per heavy atom. The van der Waals surface area contributed by atoms with Crippen LogP contribution in [0.4, 0.5) is 5.82 Å². The molecule has 8 nitrogen and oxygen atoms in total. The number of aryl methyl sites for hydroxylation is 1. The van der Waals surface area contributed by atoms with E-state index in [0.29, 0.717) is 17.1 Å². The van der Waals surface area contributed by atoms with Crippen molar-refractivity contribution in [1.82, 2.24) is 15.2 Å². The van der Waals surface area contributed by atoms with Crippen LogP contribution in [0, 0.1) is 6.92 Å². The molecule has 0 unspecified atom stereocenters. The third-order valence-corrected chi connectivity index (χ3v) is 7.92. The van der Waals surface area contributed by atoms with Crippen molar-refractivity contribution >= 4 is 33.8 Å². The molecule has 2 atom stereocenters. The Morgan fingerprint density at radius 3 is 2.60 bits per heavy atom. The first kappa shape index (κ1) is 20.7. The van der Waals surface area contributed by atoms with Crippen LogP contribution in [0.15, 0.2) is 30.5 Å². The van der Waals surface area contributed by atoms with Gasteiger partial charge in [0.1, 0.15) is 0 Å². The number of anilines is 1. The van der Waals surface area contributed by atoms with E-state index in [4.69, 9.17) is 0 Å². The molecule has 1 aliphatic carbocycles. The molecule has 9 heteroatoms. The van der Waals surface area contributed by atoms with Crippen molar-refractivity contribution in [3.63, 3.8) is 0 Å². The second-order valence-corrected chi connectivity index (χ2v) is 12.0. The van der Waals surface area contributed by atoms with Gasteiger partial charge in [0.15, 0.2) is 0 Å². The molecule has 1 saturated carbocycles. The first-order chi connectivity index (χ1) is 14.3. The van der Waals surface area contributed by atoms with Gasteiger partial charge in [0, 0.05) is 0 Å². The predicted molar refractivity (Wildman–Crippen MR) is 114 cm³/mol. The van der Waals surface area contributed by atoms with Crippen LogP contribution in [-0.4, -0.2) is 50.2 Å². The van der Waals surface area contributed by atoms with Gasteiger partial charge in [0.2, 0.25) is 0 Å². The first-order valence-corrected chi connectivity index (χ1v) is 13.8. The number of benzene rings is 1. The number of aromatic nitrogens is 3. The number of rotatable bonds is 4. The minimum atomic E-state index is -4.22. The van der Waals surface area contributed by atoms with Crippen LogP contribution in [0.3, 0.4) is 0 Å². The zero-order valence-electron chi connectivity index (χ0n) is 16.8. The first-order valence-electron chi connectivity index (χ1n) is 9.86. The summed E-state index contributed by atoms with van der Waals surface area (Å²) < 4.78 is 23.8. The molecule has 3 N–H and O–H groups in total. The van der Waals surface area contributed by atoms with E-state index in [1.165, 1.54) is 12.1 Å². The predicted octanol–water partition coefficient (Wildman–Crippen LogP) is 2.56. The number of nitrogens with zero attached hydrogens (tertiary/aromatic N) is 3. The van der Waals surface area contributed by atoms with E-state index in [1.807, 2.05) is 6.92 Å². The summed E-state index contributed by atoms with van der Waals surface area (Å²) in [6.45, 7) is 1.87. The number of aliphatic hydroxyl groups is 1. The molecule has 4 rings (SSSR count). The Kier molecular flexibility index (Phi) is 5.44. The molecule has 0 bridgehead atoms. The number of phenols is 1. The fraction of sp³-hybridized carbons (Fsp3) is 0.381. The standard InChI is InChI=1S/C21H24N4O4Se/c1-12-19-15(9-10-22-12)20(14-8-7-13(11-18(14)27)30(2,28)29)24-25-21(19)23-16-5-3-4-6-17(16)26/h7-11,16-17,26-27H,3-6H2,1-2H3,(H,23,25)/t16-,17-/m1/s1. The molecule has 2 aromatic heterocycles. The maximum absolute atomic E-state index is 11.8. The van der Waals surface area contributed by atoms with Crippen LogP contribution < -0.4 is 9.78 Å². The zero-order valence-corrected chi connectivity index (χ0v) is 18.5. The summed E-state index contributed by atoms with van der Waals surface area (Å²) in [7, 11) is 0. The molecule has 3 aromatic rings. The molecular formula is C21H24N4O4Se.